The lowest BCUT2D eigenvalue weighted by Crippen LogP contribution is -2.33. The molecule has 3 aromatic carbocycles. The number of ether oxygens (including phenoxy) is 1. The van der Waals surface area contributed by atoms with Crippen LogP contribution < -0.4 is 4.74 Å². The molecule has 0 heterocycles. The molecule has 0 aliphatic carbocycles. The van der Waals surface area contributed by atoms with Crippen molar-refractivity contribution in [2.24, 2.45) is 0 Å². The van der Waals surface area contributed by atoms with E-state index in [1.165, 1.54) is 33.1 Å². The zero-order valence-electron chi connectivity index (χ0n) is 23.6. The van der Waals surface area contributed by atoms with Crippen molar-refractivity contribution >= 4 is 23.1 Å². The molecule has 0 fully saturated rings. The van der Waals surface area contributed by atoms with Gasteiger partial charge in [-0.1, -0.05) is 68.5 Å². The van der Waals surface area contributed by atoms with Crippen LogP contribution in [0.4, 0.5) is 4.79 Å². The van der Waals surface area contributed by atoms with Crippen molar-refractivity contribution in [3.63, 3.8) is 0 Å². The van der Waals surface area contributed by atoms with E-state index in [1.54, 1.807) is 26.2 Å². The Morgan fingerprint density at radius 1 is 0.850 bits per heavy atom. The number of aromatic hydroxyl groups is 1. The maximum Gasteiger partial charge on any atom is 0.407 e. The first kappa shape index (κ1) is 30.0. The minimum absolute atomic E-state index is 0.0943. The van der Waals surface area contributed by atoms with Gasteiger partial charge < -0.3 is 24.7 Å². The molecule has 40 heavy (non-hydrogen) atoms. The maximum absolute atomic E-state index is 11.7. The van der Waals surface area contributed by atoms with Crippen LogP contribution in [-0.4, -0.2) is 65.8 Å². The first-order chi connectivity index (χ1) is 19.2. The number of hydrogen-bond acceptors (Lipinski definition) is 4. The molecule has 7 nitrogen and oxygen atoms in total. The Hall–Kier alpha value is -4.52. The van der Waals surface area contributed by atoms with E-state index in [1.807, 2.05) is 36.4 Å². The van der Waals surface area contributed by atoms with Crippen molar-refractivity contribution in [2.75, 3.05) is 33.8 Å². The lowest BCUT2D eigenvalue weighted by atomic mass is 9.88. The number of phenols is 1. The highest BCUT2D eigenvalue weighted by Crippen LogP contribution is 2.35. The molecule has 0 unspecified atom stereocenters. The molecule has 2 amide bonds. The molecule has 0 aliphatic heterocycles. The van der Waals surface area contributed by atoms with Gasteiger partial charge in [0.25, 0.3) is 0 Å². The first-order valence-electron chi connectivity index (χ1n) is 13.4. The van der Waals surface area contributed by atoms with Gasteiger partial charge in [-0.25, -0.2) is 4.79 Å². The molecule has 7 heteroatoms. The van der Waals surface area contributed by atoms with Gasteiger partial charge in [-0.2, -0.15) is 0 Å². The molecule has 210 valence electrons. The highest BCUT2D eigenvalue weighted by molar-refractivity contribution is 5.98. The predicted octanol–water partition coefficient (Wildman–Crippen LogP) is 6.33. The molecule has 0 atom stereocenters. The molecule has 3 aromatic rings. The van der Waals surface area contributed by atoms with Crippen LogP contribution in [-0.2, 0) is 11.2 Å². The summed E-state index contributed by atoms with van der Waals surface area (Å²) in [6.45, 7) is 4.70. The van der Waals surface area contributed by atoms with Crippen LogP contribution in [0.2, 0.25) is 0 Å². The highest BCUT2D eigenvalue weighted by atomic mass is 16.5. The average Bonchev–Trinajstić information content (AvgIpc) is 2.96. The van der Waals surface area contributed by atoms with Gasteiger partial charge in [-0.05, 0) is 70.5 Å². The Morgan fingerprint density at radius 3 is 1.95 bits per heavy atom. The Bertz CT molecular complexity index is 1320. The summed E-state index contributed by atoms with van der Waals surface area (Å²) in [5.74, 6) is 0.641. The van der Waals surface area contributed by atoms with Crippen LogP contribution in [0.3, 0.4) is 0 Å². The van der Waals surface area contributed by atoms with E-state index >= 15 is 0 Å². The zero-order valence-corrected chi connectivity index (χ0v) is 23.6. The van der Waals surface area contributed by atoms with Crippen LogP contribution in [0, 0.1) is 0 Å². The number of carboxylic acid groups (broad SMARTS) is 1. The quantitative estimate of drug-likeness (QED) is 0.206. The molecule has 2 N–H and O–H groups in total. The number of nitrogens with zero attached hydrogens (tertiary/aromatic N) is 2. The van der Waals surface area contributed by atoms with E-state index in [2.05, 4.69) is 38.1 Å². The number of carbonyl (C=O) groups excluding carboxylic acids is 1. The van der Waals surface area contributed by atoms with Gasteiger partial charge in [0.1, 0.15) is 18.1 Å². The van der Waals surface area contributed by atoms with E-state index in [9.17, 15) is 19.8 Å². The lowest BCUT2D eigenvalue weighted by Gasteiger charge is -2.19. The third-order valence-corrected chi connectivity index (χ3v) is 6.59. The number of rotatable bonds is 12. The molecule has 0 aromatic heterocycles. The van der Waals surface area contributed by atoms with Gasteiger partial charge in [-0.3, -0.25) is 4.79 Å². The van der Waals surface area contributed by atoms with Crippen LogP contribution in [0.5, 0.6) is 11.5 Å². The molecule has 0 aliphatic rings. The Balaban J connectivity index is 1.80. The minimum atomic E-state index is -1.08. The number of amides is 2. The molecular weight excluding hydrogens is 504 g/mol. The fourth-order valence-corrected chi connectivity index (χ4v) is 4.30. The SMILES string of the molecule is CC/C(=C(\c1ccc(O)cc1)c1ccc(OCCN(C/C=C/C(=O)N(C)C)C(=O)O)cc1)c1ccc(CC)cc1. The van der Waals surface area contributed by atoms with Crippen LogP contribution in [0.1, 0.15) is 42.5 Å². The highest BCUT2D eigenvalue weighted by Gasteiger charge is 2.14. The van der Waals surface area contributed by atoms with Crippen LogP contribution in [0.15, 0.2) is 84.9 Å². The molecule has 0 saturated heterocycles. The van der Waals surface area contributed by atoms with Gasteiger partial charge in [0, 0.05) is 26.7 Å². The van der Waals surface area contributed by atoms with Crippen molar-refractivity contribution < 1.29 is 24.5 Å². The van der Waals surface area contributed by atoms with Crippen molar-refractivity contribution in [1.29, 1.82) is 0 Å². The van der Waals surface area contributed by atoms with E-state index < -0.39 is 6.09 Å². The fraction of sp³-hybridized carbons (Fsp3) is 0.273. The van der Waals surface area contributed by atoms with Crippen LogP contribution >= 0.6 is 0 Å². The van der Waals surface area contributed by atoms with Crippen molar-refractivity contribution in [3.8, 4) is 11.5 Å². The van der Waals surface area contributed by atoms with E-state index in [0.717, 1.165) is 35.1 Å². The van der Waals surface area contributed by atoms with Gasteiger partial charge >= 0.3 is 6.09 Å². The standard InChI is InChI=1S/C33H38N2O5/c1-5-24-9-11-25(12-10-24)30(6-2)32(26-13-17-28(36)18-14-26)27-15-19-29(20-16-27)40-23-22-35(33(38)39)21-7-8-31(37)34(3)4/h7-20,36H,5-6,21-23H2,1-4H3,(H,38,39)/b8-7+,32-30-. The van der Waals surface area contributed by atoms with Crippen molar-refractivity contribution in [3.05, 3.63) is 107 Å². The van der Waals surface area contributed by atoms with Crippen LogP contribution in [0.25, 0.3) is 11.1 Å². The van der Waals surface area contributed by atoms with E-state index in [0.29, 0.717) is 5.75 Å². The molecular formula is C33H38N2O5. The molecule has 3 rings (SSSR count). The topological polar surface area (TPSA) is 90.3 Å². The summed E-state index contributed by atoms with van der Waals surface area (Å²) in [4.78, 5) is 25.9. The Morgan fingerprint density at radius 2 is 1.43 bits per heavy atom. The summed E-state index contributed by atoms with van der Waals surface area (Å²) in [5, 5.41) is 19.4. The number of hydrogen-bond donors (Lipinski definition) is 2. The summed E-state index contributed by atoms with van der Waals surface area (Å²) in [6, 6.07) is 23.6. The summed E-state index contributed by atoms with van der Waals surface area (Å²) in [6.07, 6.45) is 3.61. The summed E-state index contributed by atoms with van der Waals surface area (Å²) >= 11 is 0. The summed E-state index contributed by atoms with van der Waals surface area (Å²) < 4.78 is 5.85. The number of phenolic OH excluding ortho intramolecular Hbond substituents is 1. The van der Waals surface area contributed by atoms with Crippen molar-refractivity contribution in [1.82, 2.24) is 9.80 Å². The second kappa shape index (κ2) is 14.6. The average molecular weight is 543 g/mol. The second-order valence-electron chi connectivity index (χ2n) is 9.54. The summed E-state index contributed by atoms with van der Waals surface area (Å²) in [5.41, 5.74) is 6.72. The second-order valence-corrected chi connectivity index (χ2v) is 9.54. The van der Waals surface area contributed by atoms with Gasteiger partial charge in [0.2, 0.25) is 5.91 Å². The first-order valence-corrected chi connectivity index (χ1v) is 13.4. The van der Waals surface area contributed by atoms with E-state index in [-0.39, 0.29) is 31.4 Å². The number of allylic oxidation sites excluding steroid dienone is 1. The van der Waals surface area contributed by atoms with Gasteiger partial charge in [0.05, 0.1) is 6.54 Å². The Kier molecular flexibility index (Phi) is 10.9. The Labute approximate surface area is 236 Å². The maximum atomic E-state index is 11.7. The number of carbonyl (C=O) groups is 2. The largest absolute Gasteiger partial charge is 0.508 e. The summed E-state index contributed by atoms with van der Waals surface area (Å²) in [7, 11) is 3.27. The lowest BCUT2D eigenvalue weighted by molar-refractivity contribution is -0.123. The third-order valence-electron chi connectivity index (χ3n) is 6.59. The monoisotopic (exact) mass is 542 g/mol. The smallest absolute Gasteiger partial charge is 0.407 e. The van der Waals surface area contributed by atoms with Gasteiger partial charge in [-0.15, -0.1) is 0 Å². The fourth-order valence-electron chi connectivity index (χ4n) is 4.30. The number of benzene rings is 3. The molecule has 0 bridgehead atoms. The molecule has 0 spiro atoms. The van der Waals surface area contributed by atoms with Crippen molar-refractivity contribution in [2.45, 2.75) is 26.7 Å². The predicted molar refractivity (Wildman–Crippen MR) is 160 cm³/mol. The molecule has 0 radical (unpaired) electrons. The number of likely N-dealkylation sites (N-methyl/N-ethyl adjacent to an activating group) is 1. The normalized spacial score (nSPS) is 11.7. The van der Waals surface area contributed by atoms with E-state index in [4.69, 9.17) is 4.74 Å². The number of aryl methyl sites for hydroxylation is 1. The van der Waals surface area contributed by atoms with Gasteiger partial charge in [0.15, 0.2) is 0 Å². The third kappa shape index (κ3) is 8.24. The molecule has 0 saturated carbocycles. The zero-order chi connectivity index (χ0) is 29.1. The minimum Gasteiger partial charge on any atom is -0.508 e.